The quantitative estimate of drug-likeness (QED) is 0.698. The summed E-state index contributed by atoms with van der Waals surface area (Å²) in [5.74, 6) is 1.23. The predicted molar refractivity (Wildman–Crippen MR) is 106 cm³/mol. The second kappa shape index (κ2) is 9.55. The van der Waals surface area contributed by atoms with Gasteiger partial charge in [-0.3, -0.25) is 9.69 Å². The molecule has 0 fully saturated rings. The summed E-state index contributed by atoms with van der Waals surface area (Å²) < 4.78 is 25.2. The van der Waals surface area contributed by atoms with Crippen molar-refractivity contribution >= 4 is 5.91 Å². The van der Waals surface area contributed by atoms with Crippen LogP contribution in [0.15, 0.2) is 48.5 Å². The molecule has 0 saturated carbocycles. The van der Waals surface area contributed by atoms with Crippen molar-refractivity contribution in [3.63, 3.8) is 0 Å². The Morgan fingerprint density at radius 3 is 2.61 bits per heavy atom. The van der Waals surface area contributed by atoms with E-state index in [9.17, 15) is 9.18 Å². The molecule has 0 aromatic heterocycles. The van der Waals surface area contributed by atoms with Gasteiger partial charge in [0.1, 0.15) is 18.5 Å². The van der Waals surface area contributed by atoms with Crippen LogP contribution in [-0.4, -0.2) is 54.6 Å². The number of rotatable bonds is 8. The van der Waals surface area contributed by atoms with Crippen LogP contribution in [0.4, 0.5) is 4.39 Å². The van der Waals surface area contributed by atoms with Gasteiger partial charge in [-0.2, -0.15) is 0 Å². The fourth-order valence-corrected chi connectivity index (χ4v) is 3.27. The average Bonchev–Trinajstić information content (AvgIpc) is 2.71. The Labute approximate surface area is 165 Å². The second-order valence-corrected chi connectivity index (χ2v) is 6.86. The van der Waals surface area contributed by atoms with Crippen LogP contribution in [-0.2, 0) is 11.3 Å². The van der Waals surface area contributed by atoms with Gasteiger partial charge in [-0.05, 0) is 43.3 Å². The first-order valence-electron chi connectivity index (χ1n) is 9.72. The number of likely N-dealkylation sites (N-methyl/N-ethyl adjacent to an activating group) is 2. The normalized spacial score (nSPS) is 15.5. The number of hydrogen-bond donors (Lipinski definition) is 0. The van der Waals surface area contributed by atoms with Crippen LogP contribution in [0.5, 0.6) is 11.5 Å². The lowest BCUT2D eigenvalue weighted by molar-refractivity contribution is -0.133. The van der Waals surface area contributed by atoms with Gasteiger partial charge in [-0.1, -0.05) is 31.2 Å². The van der Waals surface area contributed by atoms with E-state index in [0.717, 1.165) is 23.6 Å². The third kappa shape index (κ3) is 5.23. The molecule has 1 aliphatic heterocycles. The Balaban J connectivity index is 1.56. The van der Waals surface area contributed by atoms with E-state index in [1.165, 1.54) is 12.1 Å². The molecule has 1 heterocycles. The summed E-state index contributed by atoms with van der Waals surface area (Å²) in [5, 5.41) is 0. The summed E-state index contributed by atoms with van der Waals surface area (Å²) in [5.41, 5.74) is 0.791. The van der Waals surface area contributed by atoms with Crippen LogP contribution in [0.1, 0.15) is 19.4 Å². The lowest BCUT2D eigenvalue weighted by Crippen LogP contribution is -2.45. The number of halogens is 1. The summed E-state index contributed by atoms with van der Waals surface area (Å²) in [6.45, 7) is 7.02. The standard InChI is InChI=1S/C22H27FN2O3/c1-3-24(14-19-16-27-20-10-5-6-11-21(20)28-19)15-22(26)25(4-2)13-17-8-7-9-18(23)12-17/h5-12,19H,3-4,13-16H2,1-2H3. The van der Waals surface area contributed by atoms with E-state index < -0.39 is 0 Å². The Bertz CT molecular complexity index is 799. The highest BCUT2D eigenvalue weighted by atomic mass is 19.1. The zero-order valence-electron chi connectivity index (χ0n) is 16.4. The first-order chi connectivity index (χ1) is 13.6. The van der Waals surface area contributed by atoms with Gasteiger partial charge in [0, 0.05) is 19.6 Å². The molecule has 0 aliphatic carbocycles. The Morgan fingerprint density at radius 1 is 1.11 bits per heavy atom. The lowest BCUT2D eigenvalue weighted by Gasteiger charge is -2.31. The zero-order chi connectivity index (χ0) is 19.9. The van der Waals surface area contributed by atoms with Gasteiger partial charge in [-0.25, -0.2) is 4.39 Å². The van der Waals surface area contributed by atoms with Crippen molar-refractivity contribution in [1.29, 1.82) is 0 Å². The molecule has 0 radical (unpaired) electrons. The summed E-state index contributed by atoms with van der Waals surface area (Å²) >= 11 is 0. The number of nitrogens with zero attached hydrogens (tertiary/aromatic N) is 2. The Kier molecular flexibility index (Phi) is 6.87. The van der Waals surface area contributed by atoms with Crippen molar-refractivity contribution < 1.29 is 18.7 Å². The van der Waals surface area contributed by atoms with Crippen molar-refractivity contribution in [1.82, 2.24) is 9.80 Å². The molecule has 1 unspecified atom stereocenters. The molecule has 2 aromatic rings. The first-order valence-corrected chi connectivity index (χ1v) is 9.72. The van der Waals surface area contributed by atoms with E-state index in [4.69, 9.17) is 9.47 Å². The predicted octanol–water partition coefficient (Wildman–Crippen LogP) is 3.34. The van der Waals surface area contributed by atoms with Crippen molar-refractivity contribution in [2.24, 2.45) is 0 Å². The number of fused-ring (bicyclic) bond motifs is 1. The highest BCUT2D eigenvalue weighted by Crippen LogP contribution is 2.31. The van der Waals surface area contributed by atoms with Gasteiger partial charge in [0.2, 0.25) is 5.91 Å². The number of carbonyl (C=O) groups is 1. The molecule has 150 valence electrons. The molecule has 1 atom stereocenters. The molecule has 0 N–H and O–H groups in total. The molecule has 0 saturated heterocycles. The number of ether oxygens (including phenoxy) is 2. The summed E-state index contributed by atoms with van der Waals surface area (Å²) in [4.78, 5) is 16.6. The monoisotopic (exact) mass is 386 g/mol. The van der Waals surface area contributed by atoms with Gasteiger partial charge in [-0.15, -0.1) is 0 Å². The van der Waals surface area contributed by atoms with Crippen molar-refractivity contribution in [2.75, 3.05) is 32.8 Å². The summed E-state index contributed by atoms with van der Waals surface area (Å²) in [7, 11) is 0. The third-order valence-electron chi connectivity index (χ3n) is 4.83. The topological polar surface area (TPSA) is 42.0 Å². The third-order valence-corrected chi connectivity index (χ3v) is 4.83. The van der Waals surface area contributed by atoms with Crippen LogP contribution >= 0.6 is 0 Å². The zero-order valence-corrected chi connectivity index (χ0v) is 16.4. The van der Waals surface area contributed by atoms with Gasteiger partial charge in [0.05, 0.1) is 6.54 Å². The van der Waals surface area contributed by atoms with Crippen molar-refractivity contribution in [3.8, 4) is 11.5 Å². The van der Waals surface area contributed by atoms with E-state index in [-0.39, 0.29) is 17.8 Å². The first kappa shape index (κ1) is 20.1. The van der Waals surface area contributed by atoms with Crippen LogP contribution < -0.4 is 9.47 Å². The van der Waals surface area contributed by atoms with Gasteiger partial charge in [0.25, 0.3) is 0 Å². The van der Waals surface area contributed by atoms with Crippen LogP contribution in [0.3, 0.4) is 0 Å². The minimum atomic E-state index is -0.286. The lowest BCUT2D eigenvalue weighted by atomic mass is 10.2. The average molecular weight is 386 g/mol. The highest BCUT2D eigenvalue weighted by Gasteiger charge is 2.24. The number of amides is 1. The van der Waals surface area contributed by atoms with Crippen LogP contribution in [0, 0.1) is 5.82 Å². The van der Waals surface area contributed by atoms with E-state index in [0.29, 0.717) is 32.8 Å². The minimum Gasteiger partial charge on any atom is -0.486 e. The van der Waals surface area contributed by atoms with E-state index in [1.807, 2.05) is 44.2 Å². The SMILES string of the molecule is CCN(CC(=O)N(CC)Cc1cccc(F)c1)CC1COc2ccccc2O1. The van der Waals surface area contributed by atoms with E-state index in [1.54, 1.807) is 11.0 Å². The Hall–Kier alpha value is -2.60. The maximum absolute atomic E-state index is 13.4. The summed E-state index contributed by atoms with van der Waals surface area (Å²) in [6, 6.07) is 14.0. The maximum Gasteiger partial charge on any atom is 0.237 e. The number of para-hydroxylation sites is 2. The smallest absolute Gasteiger partial charge is 0.237 e. The van der Waals surface area contributed by atoms with Crippen LogP contribution in [0.2, 0.25) is 0 Å². The molecule has 1 aliphatic rings. The minimum absolute atomic E-state index is 0.0192. The highest BCUT2D eigenvalue weighted by molar-refractivity contribution is 5.78. The van der Waals surface area contributed by atoms with Crippen molar-refractivity contribution in [3.05, 3.63) is 59.9 Å². The fraction of sp³-hybridized carbons (Fsp3) is 0.409. The van der Waals surface area contributed by atoms with Crippen molar-refractivity contribution in [2.45, 2.75) is 26.5 Å². The van der Waals surface area contributed by atoms with E-state index >= 15 is 0 Å². The molecular weight excluding hydrogens is 359 g/mol. The Morgan fingerprint density at radius 2 is 1.89 bits per heavy atom. The molecule has 6 heteroatoms. The molecule has 28 heavy (non-hydrogen) atoms. The second-order valence-electron chi connectivity index (χ2n) is 6.86. The van der Waals surface area contributed by atoms with Crippen LogP contribution in [0.25, 0.3) is 0 Å². The molecule has 5 nitrogen and oxygen atoms in total. The number of hydrogen-bond acceptors (Lipinski definition) is 4. The molecular formula is C22H27FN2O3. The molecule has 2 aromatic carbocycles. The maximum atomic E-state index is 13.4. The van der Waals surface area contributed by atoms with Gasteiger partial charge in [0.15, 0.2) is 11.5 Å². The van der Waals surface area contributed by atoms with E-state index in [2.05, 4.69) is 4.90 Å². The largest absolute Gasteiger partial charge is 0.486 e. The molecule has 0 spiro atoms. The van der Waals surface area contributed by atoms with Gasteiger partial charge < -0.3 is 14.4 Å². The molecule has 3 rings (SSSR count). The molecule has 1 amide bonds. The van der Waals surface area contributed by atoms with Gasteiger partial charge >= 0.3 is 0 Å². The fourth-order valence-electron chi connectivity index (χ4n) is 3.27. The summed E-state index contributed by atoms with van der Waals surface area (Å²) in [6.07, 6.45) is -0.124. The number of carbonyl (C=O) groups excluding carboxylic acids is 1. The molecule has 0 bridgehead atoms. The number of benzene rings is 2.